The van der Waals surface area contributed by atoms with Gasteiger partial charge in [-0.05, 0) is 28.2 Å². The minimum Gasteiger partial charge on any atom is -0.347 e. The minimum absolute atomic E-state index is 0.0988. The minimum atomic E-state index is -0.0988. The van der Waals surface area contributed by atoms with E-state index < -0.39 is 0 Å². The summed E-state index contributed by atoms with van der Waals surface area (Å²) in [7, 11) is 1.76. The number of aryl methyl sites for hydroxylation is 1. The summed E-state index contributed by atoms with van der Waals surface area (Å²) in [6.07, 6.45) is 1.68. The van der Waals surface area contributed by atoms with Crippen LogP contribution in [0.5, 0.6) is 0 Å². The van der Waals surface area contributed by atoms with Gasteiger partial charge in [-0.1, -0.05) is 30.3 Å². The molecule has 0 atom stereocenters. The molecule has 2 rings (SSSR count). The summed E-state index contributed by atoms with van der Waals surface area (Å²) in [6.45, 7) is 0.529. The van der Waals surface area contributed by atoms with Gasteiger partial charge in [-0.25, -0.2) is 0 Å². The van der Waals surface area contributed by atoms with Crippen LogP contribution >= 0.6 is 22.6 Å². The first-order valence-corrected chi connectivity index (χ1v) is 6.26. The van der Waals surface area contributed by atoms with Crippen LogP contribution in [0.2, 0.25) is 0 Å². The highest BCUT2D eigenvalue weighted by Gasteiger charge is 2.14. The van der Waals surface area contributed by atoms with Gasteiger partial charge in [0.1, 0.15) is 5.69 Å². The van der Waals surface area contributed by atoms with Crippen LogP contribution in [0.25, 0.3) is 0 Å². The maximum absolute atomic E-state index is 11.9. The van der Waals surface area contributed by atoms with Gasteiger partial charge < -0.3 is 5.32 Å². The second kappa shape index (κ2) is 5.31. The topological polar surface area (TPSA) is 46.9 Å². The Bertz CT molecular complexity index is 502. The van der Waals surface area contributed by atoms with E-state index in [9.17, 15) is 4.79 Å². The molecule has 5 heteroatoms. The third-order valence-electron chi connectivity index (χ3n) is 2.41. The van der Waals surface area contributed by atoms with Gasteiger partial charge in [0.15, 0.2) is 0 Å². The molecule has 0 bridgehead atoms. The van der Waals surface area contributed by atoms with E-state index in [1.807, 2.05) is 30.3 Å². The number of aromatic nitrogens is 2. The number of nitrogens with one attached hydrogen (secondary N) is 1. The zero-order valence-corrected chi connectivity index (χ0v) is 11.5. The summed E-state index contributed by atoms with van der Waals surface area (Å²) < 4.78 is 2.44. The molecule has 0 saturated carbocycles. The third kappa shape index (κ3) is 2.85. The summed E-state index contributed by atoms with van der Waals surface area (Å²) in [5, 5.41) is 6.92. The van der Waals surface area contributed by atoms with Gasteiger partial charge in [0.05, 0.1) is 9.77 Å². The average molecular weight is 341 g/mol. The maximum atomic E-state index is 11.9. The van der Waals surface area contributed by atoms with E-state index in [0.29, 0.717) is 12.2 Å². The highest BCUT2D eigenvalue weighted by Crippen LogP contribution is 2.10. The number of benzene rings is 1. The van der Waals surface area contributed by atoms with Gasteiger partial charge in [0.2, 0.25) is 0 Å². The zero-order valence-electron chi connectivity index (χ0n) is 9.35. The van der Waals surface area contributed by atoms with Crippen molar-refractivity contribution in [2.45, 2.75) is 6.54 Å². The molecule has 1 aromatic heterocycles. The predicted molar refractivity (Wildman–Crippen MR) is 73.5 cm³/mol. The Labute approximate surface area is 113 Å². The van der Waals surface area contributed by atoms with Crippen LogP contribution in [0.4, 0.5) is 0 Å². The summed E-state index contributed by atoms with van der Waals surface area (Å²) in [6, 6.07) is 9.82. The van der Waals surface area contributed by atoms with E-state index in [4.69, 9.17) is 0 Å². The van der Waals surface area contributed by atoms with Crippen LogP contribution < -0.4 is 5.32 Å². The van der Waals surface area contributed by atoms with Crippen molar-refractivity contribution in [3.8, 4) is 0 Å². The van der Waals surface area contributed by atoms with Crippen molar-refractivity contribution in [3.63, 3.8) is 0 Å². The van der Waals surface area contributed by atoms with Crippen LogP contribution in [0.1, 0.15) is 16.1 Å². The molecule has 0 aliphatic rings. The van der Waals surface area contributed by atoms with Gasteiger partial charge in [-0.15, -0.1) is 0 Å². The highest BCUT2D eigenvalue weighted by molar-refractivity contribution is 14.1. The molecule has 0 unspecified atom stereocenters. The number of hydrogen-bond acceptors (Lipinski definition) is 2. The Morgan fingerprint density at radius 1 is 1.41 bits per heavy atom. The zero-order chi connectivity index (χ0) is 12.3. The van der Waals surface area contributed by atoms with Crippen molar-refractivity contribution >= 4 is 28.5 Å². The Hall–Kier alpha value is -1.37. The molecule has 17 heavy (non-hydrogen) atoms. The summed E-state index contributed by atoms with van der Waals surface area (Å²) in [5.41, 5.74) is 1.68. The lowest BCUT2D eigenvalue weighted by atomic mass is 10.2. The predicted octanol–water partition coefficient (Wildman–Crippen LogP) is 1.95. The van der Waals surface area contributed by atoms with E-state index in [1.54, 1.807) is 17.9 Å². The van der Waals surface area contributed by atoms with Crippen LogP contribution in [-0.4, -0.2) is 15.7 Å². The van der Waals surface area contributed by atoms with Crippen LogP contribution in [0.3, 0.4) is 0 Å². The highest BCUT2D eigenvalue weighted by atomic mass is 127. The lowest BCUT2D eigenvalue weighted by molar-refractivity contribution is 0.0940. The van der Waals surface area contributed by atoms with Crippen molar-refractivity contribution in [1.29, 1.82) is 0 Å². The van der Waals surface area contributed by atoms with E-state index in [1.165, 1.54) is 0 Å². The molecule has 88 valence electrons. The molecule has 0 spiro atoms. The molecule has 1 aromatic carbocycles. The van der Waals surface area contributed by atoms with Gasteiger partial charge in [0, 0.05) is 13.6 Å². The molecule has 0 saturated heterocycles. The van der Waals surface area contributed by atoms with E-state index in [-0.39, 0.29) is 5.91 Å². The first-order chi connectivity index (χ1) is 8.18. The first-order valence-electron chi connectivity index (χ1n) is 5.18. The Kier molecular flexibility index (Phi) is 3.78. The normalized spacial score (nSPS) is 10.2. The smallest absolute Gasteiger partial charge is 0.270 e. The van der Waals surface area contributed by atoms with Gasteiger partial charge in [-0.3, -0.25) is 9.48 Å². The van der Waals surface area contributed by atoms with Crippen LogP contribution in [-0.2, 0) is 13.6 Å². The van der Waals surface area contributed by atoms with Crippen molar-refractivity contribution in [2.75, 3.05) is 0 Å². The number of rotatable bonds is 3. The number of amides is 1. The number of hydrogen-bond donors (Lipinski definition) is 1. The number of halogens is 1. The SMILES string of the molecule is Cn1ncc(I)c1C(=O)NCc1ccccc1. The standard InChI is InChI=1S/C12H12IN3O/c1-16-11(10(13)8-15-16)12(17)14-7-9-5-3-2-4-6-9/h2-6,8H,7H2,1H3,(H,14,17). The first kappa shape index (κ1) is 12.1. The average Bonchev–Trinajstić information content (AvgIpc) is 2.67. The lowest BCUT2D eigenvalue weighted by Gasteiger charge is -2.06. The van der Waals surface area contributed by atoms with Gasteiger partial charge in [-0.2, -0.15) is 5.10 Å². The Morgan fingerprint density at radius 3 is 2.71 bits per heavy atom. The second-order valence-electron chi connectivity index (χ2n) is 3.63. The fraction of sp³-hybridized carbons (Fsp3) is 0.167. The third-order valence-corrected chi connectivity index (χ3v) is 3.19. The number of carbonyl (C=O) groups excluding carboxylic acids is 1. The Balaban J connectivity index is 2.04. The molecule has 4 nitrogen and oxygen atoms in total. The van der Waals surface area contributed by atoms with Crippen molar-refractivity contribution in [2.24, 2.45) is 7.05 Å². The number of carbonyl (C=O) groups is 1. The largest absolute Gasteiger partial charge is 0.347 e. The number of nitrogens with zero attached hydrogens (tertiary/aromatic N) is 2. The lowest BCUT2D eigenvalue weighted by Crippen LogP contribution is -2.25. The fourth-order valence-electron chi connectivity index (χ4n) is 1.53. The summed E-state index contributed by atoms with van der Waals surface area (Å²) in [4.78, 5) is 11.9. The van der Waals surface area contributed by atoms with Gasteiger partial charge in [0.25, 0.3) is 5.91 Å². The van der Waals surface area contributed by atoms with Crippen molar-refractivity contribution in [1.82, 2.24) is 15.1 Å². The molecular formula is C12H12IN3O. The molecule has 1 amide bonds. The van der Waals surface area contributed by atoms with Crippen molar-refractivity contribution in [3.05, 3.63) is 51.4 Å². The van der Waals surface area contributed by atoms with E-state index in [2.05, 4.69) is 33.0 Å². The molecular weight excluding hydrogens is 329 g/mol. The molecule has 1 heterocycles. The van der Waals surface area contributed by atoms with E-state index in [0.717, 1.165) is 9.13 Å². The summed E-state index contributed by atoms with van der Waals surface area (Å²) in [5.74, 6) is -0.0988. The molecule has 0 aliphatic carbocycles. The molecule has 1 N–H and O–H groups in total. The van der Waals surface area contributed by atoms with E-state index >= 15 is 0 Å². The fourth-order valence-corrected chi connectivity index (χ4v) is 2.25. The second-order valence-corrected chi connectivity index (χ2v) is 4.80. The molecule has 0 radical (unpaired) electrons. The van der Waals surface area contributed by atoms with Crippen molar-refractivity contribution < 1.29 is 4.79 Å². The van der Waals surface area contributed by atoms with Crippen LogP contribution in [0.15, 0.2) is 36.5 Å². The van der Waals surface area contributed by atoms with Gasteiger partial charge >= 0.3 is 0 Å². The van der Waals surface area contributed by atoms with Crippen LogP contribution in [0, 0.1) is 3.57 Å². The quantitative estimate of drug-likeness (QED) is 0.868. The summed E-state index contributed by atoms with van der Waals surface area (Å²) >= 11 is 2.11. The monoisotopic (exact) mass is 341 g/mol. The molecule has 0 fully saturated rings. The Morgan fingerprint density at radius 2 is 2.12 bits per heavy atom. The maximum Gasteiger partial charge on any atom is 0.270 e. The molecule has 0 aliphatic heterocycles. The molecule has 2 aromatic rings.